The fraction of sp³-hybridized carbons (Fsp3) is 0.364. The Morgan fingerprint density at radius 3 is 2.68 bits per heavy atom. The van der Waals surface area contributed by atoms with Crippen molar-refractivity contribution in [2.45, 2.75) is 6.10 Å². The van der Waals surface area contributed by atoms with Gasteiger partial charge in [-0.05, 0) is 35.7 Å². The molecule has 9 heteroatoms. The third-order valence-electron chi connectivity index (χ3n) is 5.45. The molecule has 4 rings (SSSR count). The Hall–Kier alpha value is -2.88. The number of benzene rings is 1. The second kappa shape index (κ2) is 9.51. The Kier molecular flexibility index (Phi) is 6.55. The SMILES string of the molecule is COc1ccc(OC)c(-c2cc(C(=O)N3CCN(CC(O)c4cccs4)CC3)[nH]n2)c1. The number of aromatic nitrogens is 2. The summed E-state index contributed by atoms with van der Waals surface area (Å²) in [6.07, 6.45) is -0.490. The Balaban J connectivity index is 1.39. The summed E-state index contributed by atoms with van der Waals surface area (Å²) in [6, 6.07) is 11.1. The lowest BCUT2D eigenvalue weighted by Gasteiger charge is -2.35. The second-order valence-electron chi connectivity index (χ2n) is 7.36. The van der Waals surface area contributed by atoms with Crippen LogP contribution >= 0.6 is 11.3 Å². The van der Waals surface area contributed by atoms with Gasteiger partial charge < -0.3 is 19.5 Å². The van der Waals surface area contributed by atoms with Crippen molar-refractivity contribution in [2.24, 2.45) is 0 Å². The number of nitrogens with zero attached hydrogens (tertiary/aromatic N) is 3. The average molecular weight is 443 g/mol. The number of aromatic amines is 1. The van der Waals surface area contributed by atoms with Gasteiger partial charge in [0.05, 0.1) is 19.9 Å². The van der Waals surface area contributed by atoms with Crippen LogP contribution < -0.4 is 9.47 Å². The van der Waals surface area contributed by atoms with Crippen molar-refractivity contribution in [1.82, 2.24) is 20.0 Å². The molecule has 1 saturated heterocycles. The van der Waals surface area contributed by atoms with Gasteiger partial charge in [-0.25, -0.2) is 0 Å². The molecule has 3 aromatic rings. The lowest BCUT2D eigenvalue weighted by Crippen LogP contribution is -2.49. The highest BCUT2D eigenvalue weighted by molar-refractivity contribution is 7.10. The monoisotopic (exact) mass is 442 g/mol. The molecule has 1 fully saturated rings. The Morgan fingerprint density at radius 1 is 1.19 bits per heavy atom. The zero-order valence-electron chi connectivity index (χ0n) is 17.6. The van der Waals surface area contributed by atoms with Gasteiger partial charge in [0.2, 0.25) is 0 Å². The zero-order chi connectivity index (χ0) is 21.8. The van der Waals surface area contributed by atoms with E-state index in [-0.39, 0.29) is 5.91 Å². The number of piperazine rings is 1. The molecule has 0 aliphatic carbocycles. The molecule has 31 heavy (non-hydrogen) atoms. The number of H-pyrrole nitrogens is 1. The molecule has 1 atom stereocenters. The van der Waals surface area contributed by atoms with Crippen LogP contribution in [0.2, 0.25) is 0 Å². The van der Waals surface area contributed by atoms with Crippen LogP contribution in [-0.2, 0) is 0 Å². The third-order valence-corrected chi connectivity index (χ3v) is 6.43. The van der Waals surface area contributed by atoms with Crippen LogP contribution in [0.5, 0.6) is 11.5 Å². The van der Waals surface area contributed by atoms with Gasteiger partial charge in [-0.1, -0.05) is 6.07 Å². The van der Waals surface area contributed by atoms with Crippen LogP contribution in [0.1, 0.15) is 21.5 Å². The van der Waals surface area contributed by atoms with Gasteiger partial charge in [-0.15, -0.1) is 11.3 Å². The maximum atomic E-state index is 13.0. The number of aliphatic hydroxyl groups is 1. The fourth-order valence-corrected chi connectivity index (χ4v) is 4.41. The summed E-state index contributed by atoms with van der Waals surface area (Å²) < 4.78 is 10.7. The van der Waals surface area contributed by atoms with E-state index in [4.69, 9.17) is 9.47 Å². The molecule has 2 N–H and O–H groups in total. The van der Waals surface area contributed by atoms with Gasteiger partial charge in [-0.3, -0.25) is 14.8 Å². The maximum absolute atomic E-state index is 13.0. The van der Waals surface area contributed by atoms with E-state index in [1.54, 1.807) is 31.6 Å². The summed E-state index contributed by atoms with van der Waals surface area (Å²) in [6.45, 7) is 3.23. The van der Waals surface area contributed by atoms with Gasteiger partial charge in [0, 0.05) is 43.2 Å². The number of hydrogen-bond acceptors (Lipinski definition) is 7. The molecule has 164 valence electrons. The highest BCUT2D eigenvalue weighted by Gasteiger charge is 2.25. The molecule has 0 spiro atoms. The van der Waals surface area contributed by atoms with Crippen molar-refractivity contribution in [3.8, 4) is 22.8 Å². The summed E-state index contributed by atoms with van der Waals surface area (Å²) >= 11 is 1.56. The van der Waals surface area contributed by atoms with Crippen molar-refractivity contribution in [3.63, 3.8) is 0 Å². The molecule has 0 bridgehead atoms. The highest BCUT2D eigenvalue weighted by Crippen LogP contribution is 2.32. The topological polar surface area (TPSA) is 90.9 Å². The predicted octanol–water partition coefficient (Wildman–Crippen LogP) is 2.65. The first-order valence-electron chi connectivity index (χ1n) is 10.1. The Labute approximate surface area is 185 Å². The van der Waals surface area contributed by atoms with Crippen molar-refractivity contribution in [3.05, 3.63) is 52.3 Å². The van der Waals surface area contributed by atoms with Crippen LogP contribution in [0.15, 0.2) is 41.8 Å². The average Bonchev–Trinajstić information content (AvgIpc) is 3.51. The molecule has 8 nitrogen and oxygen atoms in total. The zero-order valence-corrected chi connectivity index (χ0v) is 18.4. The standard InChI is InChI=1S/C22H26N4O4S/c1-29-15-5-6-20(30-2)16(12-15)17-13-18(24-23-17)22(28)26-9-7-25(8-10-26)14-19(27)21-4-3-11-31-21/h3-6,11-13,19,27H,7-10,14H2,1-2H3,(H,23,24). The number of ether oxygens (including phenoxy) is 2. The predicted molar refractivity (Wildman–Crippen MR) is 119 cm³/mol. The van der Waals surface area contributed by atoms with Crippen LogP contribution in [0.4, 0.5) is 0 Å². The van der Waals surface area contributed by atoms with Gasteiger partial charge in [-0.2, -0.15) is 5.10 Å². The van der Waals surface area contributed by atoms with E-state index in [0.717, 1.165) is 23.5 Å². The Morgan fingerprint density at radius 2 is 2.00 bits per heavy atom. The van der Waals surface area contributed by atoms with Gasteiger partial charge in [0.15, 0.2) is 0 Å². The Bertz CT molecular complexity index is 1010. The summed E-state index contributed by atoms with van der Waals surface area (Å²) in [7, 11) is 3.20. The van der Waals surface area contributed by atoms with Crippen molar-refractivity contribution in [2.75, 3.05) is 46.9 Å². The van der Waals surface area contributed by atoms with E-state index < -0.39 is 6.10 Å². The minimum absolute atomic E-state index is 0.0842. The fourth-order valence-electron chi connectivity index (χ4n) is 3.70. The van der Waals surface area contributed by atoms with Crippen LogP contribution in [0.25, 0.3) is 11.3 Å². The number of hydrogen-bond donors (Lipinski definition) is 2. The van der Waals surface area contributed by atoms with E-state index in [9.17, 15) is 9.90 Å². The maximum Gasteiger partial charge on any atom is 0.271 e. The number of β-amino-alcohol motifs (C(OH)–C–C–N with tert-alkyl or cyclic N) is 1. The summed E-state index contributed by atoms with van der Waals surface area (Å²) in [4.78, 5) is 17.9. The van der Waals surface area contributed by atoms with Gasteiger partial charge in [0.25, 0.3) is 5.91 Å². The van der Waals surface area contributed by atoms with E-state index in [1.807, 2.05) is 40.6 Å². The van der Waals surface area contributed by atoms with Crippen molar-refractivity contribution < 1.29 is 19.4 Å². The number of methoxy groups -OCH3 is 2. The quantitative estimate of drug-likeness (QED) is 0.585. The molecule has 1 amide bonds. The van der Waals surface area contributed by atoms with E-state index >= 15 is 0 Å². The minimum Gasteiger partial charge on any atom is -0.497 e. The number of aliphatic hydroxyl groups excluding tert-OH is 1. The van der Waals surface area contributed by atoms with Crippen molar-refractivity contribution in [1.29, 1.82) is 0 Å². The molecule has 1 unspecified atom stereocenters. The second-order valence-corrected chi connectivity index (χ2v) is 8.34. The molecule has 1 aliphatic rings. The van der Waals surface area contributed by atoms with Gasteiger partial charge in [0.1, 0.15) is 23.3 Å². The number of nitrogens with one attached hydrogen (secondary N) is 1. The number of rotatable bonds is 7. The number of carbonyl (C=O) groups is 1. The molecule has 0 radical (unpaired) electrons. The largest absolute Gasteiger partial charge is 0.497 e. The molecule has 1 aromatic carbocycles. The molecule has 2 aromatic heterocycles. The van der Waals surface area contributed by atoms with Gasteiger partial charge >= 0.3 is 0 Å². The highest BCUT2D eigenvalue weighted by atomic mass is 32.1. The molecular formula is C22H26N4O4S. The third kappa shape index (κ3) is 4.73. The van der Waals surface area contributed by atoms with Crippen LogP contribution in [0.3, 0.4) is 0 Å². The molecule has 1 aliphatic heterocycles. The molecular weight excluding hydrogens is 416 g/mol. The molecule has 3 heterocycles. The minimum atomic E-state index is -0.490. The van der Waals surface area contributed by atoms with Crippen LogP contribution in [0, 0.1) is 0 Å². The summed E-state index contributed by atoms with van der Waals surface area (Å²) in [5.41, 5.74) is 1.81. The van der Waals surface area contributed by atoms with Crippen molar-refractivity contribution >= 4 is 17.2 Å². The lowest BCUT2D eigenvalue weighted by atomic mass is 10.1. The molecule has 0 saturated carbocycles. The van der Waals surface area contributed by atoms with E-state index in [0.29, 0.717) is 42.5 Å². The first kappa shape index (κ1) is 21.4. The first-order valence-corrected chi connectivity index (χ1v) is 11.0. The normalized spacial score (nSPS) is 15.6. The van der Waals surface area contributed by atoms with E-state index in [2.05, 4.69) is 15.1 Å². The van der Waals surface area contributed by atoms with Crippen LogP contribution in [-0.4, -0.2) is 78.0 Å². The number of amides is 1. The smallest absolute Gasteiger partial charge is 0.271 e. The number of thiophene rings is 1. The summed E-state index contributed by atoms with van der Waals surface area (Å²) in [5.74, 6) is 1.26. The summed E-state index contributed by atoms with van der Waals surface area (Å²) in [5, 5.41) is 19.5. The van der Waals surface area contributed by atoms with E-state index in [1.165, 1.54) is 0 Å². The number of carbonyl (C=O) groups excluding carboxylic acids is 1. The lowest BCUT2D eigenvalue weighted by molar-refractivity contribution is 0.0528. The first-order chi connectivity index (χ1) is 15.1.